The van der Waals surface area contributed by atoms with E-state index in [1.54, 1.807) is 73.2 Å². The van der Waals surface area contributed by atoms with E-state index in [9.17, 15) is 13.2 Å². The van der Waals surface area contributed by atoms with Crippen LogP contribution in [0.2, 0.25) is 0 Å². The third-order valence-electron chi connectivity index (χ3n) is 18.1. The third-order valence-corrected chi connectivity index (χ3v) is 23.2. The van der Waals surface area contributed by atoms with Gasteiger partial charge in [-0.3, -0.25) is 0 Å². The van der Waals surface area contributed by atoms with Crippen molar-refractivity contribution in [1.29, 1.82) is 0 Å². The van der Waals surface area contributed by atoms with Crippen LogP contribution in [-0.2, 0) is 34.4 Å². The van der Waals surface area contributed by atoms with E-state index in [1.807, 2.05) is 102 Å². The highest BCUT2D eigenvalue weighted by Crippen LogP contribution is 2.41. The standard InChI is InChI=1S/C21H17N4S.C19H16F3N4S.C19H14N5S.C17H16N5S/c1-12-14-8-4-7-11-17(14)26-19(12)21-24-20-18(13(2)25(21)3)22-15-9-5-6-10-16(15)23-20;1-9-12-7-5-6-8-13(12)27-15(9)18-25-17-14(11(3)26(18)4)24-16(10(2)23-17)19(20,21)22;1-11-12-7-3-6-10-15(12)25-16(11)19-22-17-18(23-24(19)2)21-14-9-5-4-8-13(14)20-17;1-9-12-7-5-6-8-13(12)23-14(9)17-20-15-16(21-22(17)4)19-11(3)10(2)18-15/h4-11H,1-3H3;5-8H,1-4H3;3-10H,1-2H3;5-8H,1-4H3/q4*+1. The molecule has 0 aliphatic carbocycles. The highest BCUT2D eigenvalue weighted by atomic mass is 32.1. The number of alkyl halides is 3. The van der Waals surface area contributed by atoms with Gasteiger partial charge in [-0.15, -0.1) is 54.7 Å². The molecule has 18 aromatic rings. The Balaban J connectivity index is 0.000000109. The first-order chi connectivity index (χ1) is 48.6. The van der Waals surface area contributed by atoms with E-state index in [1.165, 1.54) is 58.7 Å². The molecule has 0 spiro atoms. The van der Waals surface area contributed by atoms with E-state index >= 15 is 0 Å². The van der Waals surface area contributed by atoms with Gasteiger partial charge in [0.2, 0.25) is 0 Å². The predicted octanol–water partition coefficient (Wildman–Crippen LogP) is 15.8. The SMILES string of the molecule is Cc1c(-c2nc3nc4ccccc4nc3c(C)[n+]2C)sc2ccccc12.Cc1c(-c2nc3nc4ccccc4nc3n[n+]2C)sc2ccccc12.Cc1nc2nc(-c3sc4ccccc4c3C)[n+](C)c(C)c2nc1C(F)(F)F.Cc1nc2nc(-c3sc4ccccc4c3C)[n+](C)nc2nc1C. The van der Waals surface area contributed by atoms with Crippen molar-refractivity contribution < 1.29 is 31.7 Å². The Kier molecular flexibility index (Phi) is 16.9. The molecule has 25 heteroatoms. The summed E-state index contributed by atoms with van der Waals surface area (Å²) in [6, 6.07) is 49.1. The number of para-hydroxylation sites is 4. The second kappa shape index (κ2) is 25.9. The van der Waals surface area contributed by atoms with Crippen LogP contribution in [0.4, 0.5) is 13.2 Å². The van der Waals surface area contributed by atoms with Crippen molar-refractivity contribution in [3.05, 3.63) is 202 Å². The van der Waals surface area contributed by atoms with Crippen LogP contribution < -0.4 is 18.5 Å². The van der Waals surface area contributed by atoms with Crippen molar-refractivity contribution in [2.75, 3.05) is 0 Å². The molecule has 12 heterocycles. The van der Waals surface area contributed by atoms with Gasteiger partial charge in [0.05, 0.1) is 53.2 Å². The molecule has 0 aliphatic heterocycles. The minimum Gasteiger partial charge on any atom is -0.236 e. The summed E-state index contributed by atoms with van der Waals surface area (Å²) in [7, 11) is 7.65. The fraction of sp³-hybridized carbons (Fsp3) is 0.184. The number of hydrogen-bond donors (Lipinski definition) is 0. The number of thiophene rings is 4. The fourth-order valence-electron chi connectivity index (χ4n) is 12.3. The third kappa shape index (κ3) is 12.0. The maximum absolute atomic E-state index is 13.2. The van der Waals surface area contributed by atoms with Crippen molar-refractivity contribution in [2.24, 2.45) is 28.2 Å². The first-order valence-corrected chi connectivity index (χ1v) is 35.5. The zero-order valence-electron chi connectivity index (χ0n) is 57.2. The Morgan fingerprint density at radius 3 is 0.980 bits per heavy atom. The number of nitrogens with zero attached hydrogens (tertiary/aromatic N) is 18. The molecular formula is C76H63F3N18S4+4. The topological polar surface area (TPSA) is 196 Å². The monoisotopic (exact) mass is 1410 g/mol. The fourth-order valence-corrected chi connectivity index (χ4v) is 17.2. The summed E-state index contributed by atoms with van der Waals surface area (Å²) >= 11 is 6.86. The number of rotatable bonds is 4. The summed E-state index contributed by atoms with van der Waals surface area (Å²) in [5, 5.41) is 14.1. The van der Waals surface area contributed by atoms with Crippen molar-refractivity contribution in [3.8, 4) is 42.8 Å². The molecule has 0 fully saturated rings. The average molecular weight is 1410 g/mol. The normalized spacial score (nSPS) is 11.8. The Morgan fingerprint density at radius 1 is 0.297 bits per heavy atom. The number of hydrogen-bond acceptors (Lipinski definition) is 18. The summed E-state index contributed by atoms with van der Waals surface area (Å²) in [4.78, 5) is 59.2. The molecule has 101 heavy (non-hydrogen) atoms. The van der Waals surface area contributed by atoms with E-state index in [0.717, 1.165) is 92.4 Å². The van der Waals surface area contributed by atoms with Gasteiger partial charge in [-0.2, -0.15) is 13.2 Å². The maximum Gasteiger partial charge on any atom is 0.435 e. The van der Waals surface area contributed by atoms with Gasteiger partial charge in [0.15, 0.2) is 16.7 Å². The van der Waals surface area contributed by atoms with E-state index in [-0.39, 0.29) is 16.9 Å². The quantitative estimate of drug-likeness (QED) is 0.119. The molecule has 18 rings (SSSR count). The second-order valence-electron chi connectivity index (χ2n) is 24.6. The van der Waals surface area contributed by atoms with Crippen LogP contribution in [0.1, 0.15) is 56.4 Å². The average Bonchev–Trinajstić information content (AvgIpc) is 1.74. The predicted molar refractivity (Wildman–Crippen MR) is 396 cm³/mol. The molecule has 12 aromatic heterocycles. The lowest BCUT2D eigenvalue weighted by Gasteiger charge is -2.10. The Morgan fingerprint density at radius 2 is 0.584 bits per heavy atom. The molecule has 498 valence electrons. The van der Waals surface area contributed by atoms with Crippen LogP contribution in [0.5, 0.6) is 0 Å². The van der Waals surface area contributed by atoms with Gasteiger partial charge in [0, 0.05) is 32.6 Å². The van der Waals surface area contributed by atoms with Crippen molar-refractivity contribution in [2.45, 2.75) is 68.5 Å². The number of benzene rings is 6. The van der Waals surface area contributed by atoms with Gasteiger partial charge >= 0.3 is 40.8 Å². The first kappa shape index (κ1) is 65.9. The van der Waals surface area contributed by atoms with Gasteiger partial charge in [0.1, 0.15) is 45.0 Å². The lowest BCUT2D eigenvalue weighted by Crippen LogP contribution is -2.37. The summed E-state index contributed by atoms with van der Waals surface area (Å²) in [5.41, 5.74) is 14.8. The molecule has 0 saturated heterocycles. The smallest absolute Gasteiger partial charge is 0.236 e. The van der Waals surface area contributed by atoms with Crippen LogP contribution in [0.25, 0.3) is 150 Å². The van der Waals surface area contributed by atoms with Crippen LogP contribution in [-0.4, -0.2) is 70.0 Å². The number of halogens is 3. The molecule has 0 saturated carbocycles. The van der Waals surface area contributed by atoms with E-state index in [0.29, 0.717) is 39.8 Å². The zero-order chi connectivity index (χ0) is 70.4. The van der Waals surface area contributed by atoms with Crippen LogP contribution in [0.3, 0.4) is 0 Å². The zero-order valence-corrected chi connectivity index (χ0v) is 60.4. The minimum absolute atomic E-state index is 0.165. The molecule has 6 aromatic carbocycles. The Labute approximate surface area is 592 Å². The van der Waals surface area contributed by atoms with Crippen LogP contribution in [0.15, 0.2) is 146 Å². The van der Waals surface area contributed by atoms with Crippen LogP contribution >= 0.6 is 45.3 Å². The summed E-state index contributed by atoms with van der Waals surface area (Å²) < 4.78 is 52.0. The van der Waals surface area contributed by atoms with Crippen molar-refractivity contribution in [1.82, 2.24) is 70.0 Å². The lowest BCUT2D eigenvalue weighted by molar-refractivity contribution is -0.720. The number of aromatic nitrogens is 18. The van der Waals surface area contributed by atoms with Gasteiger partial charge < -0.3 is 0 Å². The summed E-state index contributed by atoms with van der Waals surface area (Å²) in [6.07, 6.45) is -4.54. The maximum atomic E-state index is 13.2. The number of fused-ring (bicyclic) bond motifs is 10. The summed E-state index contributed by atoms with van der Waals surface area (Å²) in [5.74, 6) is 3.26. The van der Waals surface area contributed by atoms with E-state index in [4.69, 9.17) is 24.9 Å². The van der Waals surface area contributed by atoms with E-state index in [2.05, 4.69) is 163 Å². The highest BCUT2D eigenvalue weighted by Gasteiger charge is 2.38. The van der Waals surface area contributed by atoms with Crippen LogP contribution in [0, 0.1) is 62.3 Å². The molecule has 0 radical (unpaired) electrons. The molecule has 18 nitrogen and oxygen atoms in total. The Bertz CT molecular complexity index is 6420. The molecule has 0 atom stereocenters. The molecule has 0 unspecified atom stereocenters. The molecule has 0 amide bonds. The Hall–Kier alpha value is -11.0. The van der Waals surface area contributed by atoms with Gasteiger partial charge in [-0.25, -0.2) is 49.0 Å². The van der Waals surface area contributed by atoms with Gasteiger partial charge in [-0.1, -0.05) is 107 Å². The van der Waals surface area contributed by atoms with Crippen molar-refractivity contribution >= 4 is 153 Å². The van der Waals surface area contributed by atoms with Gasteiger partial charge in [-0.05, 0) is 161 Å². The van der Waals surface area contributed by atoms with E-state index < -0.39 is 11.9 Å². The molecule has 0 aliphatic rings. The molecular weight excluding hydrogens is 1350 g/mol. The lowest BCUT2D eigenvalue weighted by atomic mass is 10.1. The van der Waals surface area contributed by atoms with Crippen molar-refractivity contribution in [3.63, 3.8) is 0 Å². The molecule has 0 bridgehead atoms. The van der Waals surface area contributed by atoms with Gasteiger partial charge in [0.25, 0.3) is 22.6 Å². The molecule has 0 N–H and O–H groups in total. The second-order valence-corrected chi connectivity index (χ2v) is 28.8. The minimum atomic E-state index is -4.54. The summed E-state index contributed by atoms with van der Waals surface area (Å²) in [6.45, 7) is 17.5. The highest BCUT2D eigenvalue weighted by molar-refractivity contribution is 7.23. The number of aryl methyl sites for hydroxylation is 11. The first-order valence-electron chi connectivity index (χ1n) is 32.3. The largest absolute Gasteiger partial charge is 0.435 e.